The van der Waals surface area contributed by atoms with Crippen LogP contribution in [0, 0.1) is 5.82 Å². The van der Waals surface area contributed by atoms with Crippen LogP contribution in [0.1, 0.15) is 26.5 Å². The van der Waals surface area contributed by atoms with E-state index in [2.05, 4.69) is 10.6 Å². The molecule has 29 heavy (non-hydrogen) atoms. The number of H-pyrrole nitrogens is 1. The van der Waals surface area contributed by atoms with Gasteiger partial charge in [-0.15, -0.1) is 0 Å². The minimum Gasteiger partial charge on any atom is -0.461 e. The molecule has 0 bridgehead atoms. The number of aliphatic hydroxyl groups is 2. The van der Waals surface area contributed by atoms with Crippen molar-refractivity contribution in [3.63, 3.8) is 0 Å². The molecule has 0 aromatic carbocycles. The zero-order valence-corrected chi connectivity index (χ0v) is 15.8. The maximum atomic E-state index is 13.4. The monoisotopic (exact) mass is 418 g/mol. The van der Waals surface area contributed by atoms with Crippen molar-refractivity contribution in [2.75, 3.05) is 13.2 Å². The summed E-state index contributed by atoms with van der Waals surface area (Å²) in [7, 11) is 0. The number of aliphatic hydroxyl groups excluding tert-OH is 2. The number of hydrogen-bond donors (Lipinski definition) is 5. The van der Waals surface area contributed by atoms with E-state index in [0.717, 1.165) is 6.42 Å². The third-order valence-corrected chi connectivity index (χ3v) is 4.16. The number of urea groups is 1. The fourth-order valence-corrected chi connectivity index (χ4v) is 2.58. The van der Waals surface area contributed by atoms with Gasteiger partial charge in [-0.3, -0.25) is 14.3 Å². The van der Waals surface area contributed by atoms with Gasteiger partial charge in [0.05, 0.1) is 6.20 Å². The minimum atomic E-state index is -1.66. The molecule has 1 saturated heterocycles. The Bertz CT molecular complexity index is 856. The van der Waals surface area contributed by atoms with E-state index < -0.39 is 66.3 Å². The number of ether oxygens (including phenoxy) is 2. The van der Waals surface area contributed by atoms with Crippen molar-refractivity contribution < 1.29 is 33.7 Å². The second kappa shape index (κ2) is 9.62. The molecule has 2 amide bonds. The Morgan fingerprint density at radius 1 is 1.38 bits per heavy atom. The number of hydrogen-bond acceptors (Lipinski definition) is 8. The SMILES string of the molecule is CCCNC(=O)N[C@@H](C)C(=O)OC[C@H]1O[C@@H](n2cc(F)c(=O)[nH]c2=O)[C@H](O)[C@@H]1O. The van der Waals surface area contributed by atoms with Crippen molar-refractivity contribution in [1.29, 1.82) is 0 Å². The fourth-order valence-electron chi connectivity index (χ4n) is 2.58. The van der Waals surface area contributed by atoms with Crippen LogP contribution in [0.25, 0.3) is 0 Å². The number of amides is 2. The van der Waals surface area contributed by atoms with Crippen molar-refractivity contribution in [1.82, 2.24) is 20.2 Å². The molecule has 5 N–H and O–H groups in total. The Balaban J connectivity index is 1.96. The van der Waals surface area contributed by atoms with Crippen LogP contribution >= 0.6 is 0 Å². The number of aromatic amines is 1. The number of rotatable bonds is 7. The number of carbonyl (C=O) groups is 2. The van der Waals surface area contributed by atoms with Gasteiger partial charge in [0.25, 0.3) is 5.56 Å². The lowest BCUT2D eigenvalue weighted by Crippen LogP contribution is -2.46. The predicted molar refractivity (Wildman–Crippen MR) is 94.5 cm³/mol. The summed E-state index contributed by atoms with van der Waals surface area (Å²) in [4.78, 5) is 48.1. The lowest BCUT2D eigenvalue weighted by molar-refractivity contribution is -0.151. The summed E-state index contributed by atoms with van der Waals surface area (Å²) >= 11 is 0. The van der Waals surface area contributed by atoms with E-state index in [1.54, 1.807) is 4.98 Å². The molecule has 5 atom stereocenters. The number of nitrogens with one attached hydrogen (secondary N) is 3. The maximum absolute atomic E-state index is 13.4. The van der Waals surface area contributed by atoms with Gasteiger partial charge in [0.1, 0.15) is 31.0 Å². The molecular formula is C16H23FN4O8. The summed E-state index contributed by atoms with van der Waals surface area (Å²) in [6.45, 7) is 3.18. The average Bonchev–Trinajstić information content (AvgIpc) is 2.95. The van der Waals surface area contributed by atoms with Gasteiger partial charge in [-0.1, -0.05) is 6.92 Å². The van der Waals surface area contributed by atoms with Gasteiger partial charge in [0.2, 0.25) is 5.82 Å². The molecule has 1 aliphatic rings. The lowest BCUT2D eigenvalue weighted by Gasteiger charge is -2.18. The van der Waals surface area contributed by atoms with Gasteiger partial charge in [0.15, 0.2) is 6.23 Å². The first kappa shape index (κ1) is 22.5. The minimum absolute atomic E-state index is 0.430. The van der Waals surface area contributed by atoms with E-state index in [4.69, 9.17) is 9.47 Å². The maximum Gasteiger partial charge on any atom is 0.330 e. The number of nitrogens with zero attached hydrogens (tertiary/aromatic N) is 1. The molecule has 1 aliphatic heterocycles. The molecule has 13 heteroatoms. The standard InChI is InChI=1S/C16H23FN4O8/c1-3-4-18-15(26)19-7(2)14(25)28-6-9-10(22)11(23)13(29-9)21-5-8(17)12(24)20-16(21)27/h5,7,9-11,13,22-23H,3-4,6H2,1-2H3,(H2,18,19,26)(H,20,24,27)/t7-,9+,10+,11+,13+/m0/s1. The lowest BCUT2D eigenvalue weighted by atomic mass is 10.1. The molecule has 0 unspecified atom stereocenters. The van der Waals surface area contributed by atoms with Gasteiger partial charge in [-0.2, -0.15) is 4.39 Å². The van der Waals surface area contributed by atoms with Gasteiger partial charge in [-0.25, -0.2) is 14.4 Å². The van der Waals surface area contributed by atoms with Crippen LogP contribution in [0.15, 0.2) is 15.8 Å². The van der Waals surface area contributed by atoms with E-state index >= 15 is 0 Å². The zero-order chi connectivity index (χ0) is 21.7. The smallest absolute Gasteiger partial charge is 0.330 e. The summed E-state index contributed by atoms with van der Waals surface area (Å²) in [6.07, 6.45) is -4.71. The molecule has 1 aromatic heterocycles. The molecule has 12 nitrogen and oxygen atoms in total. The van der Waals surface area contributed by atoms with Crippen molar-refractivity contribution >= 4 is 12.0 Å². The highest BCUT2D eigenvalue weighted by Crippen LogP contribution is 2.28. The van der Waals surface area contributed by atoms with Crippen LogP contribution in [0.2, 0.25) is 0 Å². The third-order valence-electron chi connectivity index (χ3n) is 4.16. The third kappa shape index (κ3) is 5.40. The van der Waals surface area contributed by atoms with Crippen molar-refractivity contribution in [2.45, 2.75) is 50.8 Å². The first-order chi connectivity index (χ1) is 13.6. The molecule has 2 heterocycles. The first-order valence-electron chi connectivity index (χ1n) is 8.89. The highest BCUT2D eigenvalue weighted by molar-refractivity contribution is 5.83. The molecule has 1 aromatic rings. The molecule has 0 aliphatic carbocycles. The first-order valence-corrected chi connectivity index (χ1v) is 8.89. The van der Waals surface area contributed by atoms with Crippen LogP contribution in [-0.2, 0) is 14.3 Å². The van der Waals surface area contributed by atoms with Gasteiger partial charge in [-0.05, 0) is 13.3 Å². The van der Waals surface area contributed by atoms with E-state index in [9.17, 15) is 33.8 Å². The van der Waals surface area contributed by atoms with Crippen molar-refractivity contribution in [3.8, 4) is 0 Å². The number of esters is 1. The Morgan fingerprint density at radius 3 is 2.72 bits per heavy atom. The number of aromatic nitrogens is 2. The van der Waals surface area contributed by atoms with Crippen LogP contribution < -0.4 is 21.9 Å². The molecule has 162 valence electrons. The largest absolute Gasteiger partial charge is 0.461 e. The number of carbonyl (C=O) groups excluding carboxylic acids is 2. The van der Waals surface area contributed by atoms with Crippen LogP contribution in [-0.4, -0.2) is 69.3 Å². The summed E-state index contributed by atoms with van der Waals surface area (Å²) in [5.41, 5.74) is -2.30. The topological polar surface area (TPSA) is 172 Å². The molecule has 1 fully saturated rings. The molecular weight excluding hydrogens is 395 g/mol. The average molecular weight is 418 g/mol. The second-order valence-corrected chi connectivity index (χ2v) is 6.44. The van der Waals surface area contributed by atoms with Gasteiger partial charge < -0.3 is 30.3 Å². The normalized spacial score (nSPS) is 24.7. The Kier molecular flexibility index (Phi) is 7.47. The van der Waals surface area contributed by atoms with Crippen molar-refractivity contribution in [2.24, 2.45) is 0 Å². The predicted octanol–water partition coefficient (Wildman–Crippen LogP) is -2.06. The highest BCUT2D eigenvalue weighted by atomic mass is 19.1. The van der Waals surface area contributed by atoms with Crippen LogP contribution in [0.3, 0.4) is 0 Å². The number of halogens is 1. The fraction of sp³-hybridized carbons (Fsp3) is 0.625. The summed E-state index contributed by atoms with van der Waals surface area (Å²) in [6, 6.07) is -1.55. The van der Waals surface area contributed by atoms with E-state index in [0.29, 0.717) is 17.3 Å². The van der Waals surface area contributed by atoms with Gasteiger partial charge >= 0.3 is 17.7 Å². The van der Waals surface area contributed by atoms with Gasteiger partial charge in [0, 0.05) is 6.54 Å². The van der Waals surface area contributed by atoms with Crippen LogP contribution in [0.5, 0.6) is 0 Å². The van der Waals surface area contributed by atoms with Crippen LogP contribution in [0.4, 0.5) is 9.18 Å². The Morgan fingerprint density at radius 2 is 2.07 bits per heavy atom. The molecule has 0 saturated carbocycles. The Hall–Kier alpha value is -2.77. The zero-order valence-electron chi connectivity index (χ0n) is 15.8. The van der Waals surface area contributed by atoms with E-state index in [1.165, 1.54) is 6.92 Å². The van der Waals surface area contributed by atoms with Crippen molar-refractivity contribution in [3.05, 3.63) is 32.9 Å². The summed E-state index contributed by atoms with van der Waals surface area (Å²) in [5, 5.41) is 25.0. The molecule has 0 spiro atoms. The van der Waals surface area contributed by atoms with E-state index in [-0.39, 0.29) is 0 Å². The quantitative estimate of drug-likeness (QED) is 0.314. The summed E-state index contributed by atoms with van der Waals surface area (Å²) < 4.78 is 24.3. The molecule has 2 rings (SSSR count). The molecule has 0 radical (unpaired) electrons. The summed E-state index contributed by atoms with van der Waals surface area (Å²) in [5.74, 6) is -2.11. The second-order valence-electron chi connectivity index (χ2n) is 6.44. The highest BCUT2D eigenvalue weighted by Gasteiger charge is 2.45. The van der Waals surface area contributed by atoms with E-state index in [1.807, 2.05) is 6.92 Å². The Labute approximate surface area is 163 Å².